The molecule has 0 aliphatic heterocycles. The van der Waals surface area contributed by atoms with Gasteiger partial charge in [-0.15, -0.1) is 0 Å². The molecule has 5 heteroatoms. The highest BCUT2D eigenvalue weighted by Gasteiger charge is 2.14. The monoisotopic (exact) mass is 223 g/mol. The number of carbonyl (C=O) groups is 2. The summed E-state index contributed by atoms with van der Waals surface area (Å²) in [6.45, 7) is 3.53. The zero-order valence-corrected chi connectivity index (χ0v) is 9.06. The number of hydrogen-bond acceptors (Lipinski definition) is 3. The van der Waals surface area contributed by atoms with Crippen LogP contribution >= 0.6 is 0 Å². The Morgan fingerprint density at radius 1 is 1.38 bits per heavy atom. The van der Waals surface area contributed by atoms with E-state index in [4.69, 9.17) is 15.6 Å². The number of nitrogens with two attached hydrogens (primary N) is 1. The molecule has 86 valence electrons. The number of rotatable bonds is 4. The first-order chi connectivity index (χ1) is 7.41. The summed E-state index contributed by atoms with van der Waals surface area (Å²) in [6.07, 6.45) is -0.179. The number of benzene rings is 1. The molecule has 5 nitrogen and oxygen atoms in total. The maximum absolute atomic E-state index is 10.9. The lowest BCUT2D eigenvalue weighted by Crippen LogP contribution is -2.14. The molecule has 0 aromatic heterocycles. The van der Waals surface area contributed by atoms with Gasteiger partial charge in [-0.1, -0.05) is 0 Å². The Hall–Kier alpha value is -2.04. The predicted octanol–water partition coefficient (Wildman–Crippen LogP) is 1.27. The molecule has 0 heterocycles. The fourth-order valence-electron chi connectivity index (χ4n) is 1.20. The molecule has 0 spiro atoms. The molecule has 0 saturated heterocycles. The largest absolute Gasteiger partial charge is 0.490 e. The van der Waals surface area contributed by atoms with Crippen LogP contribution in [0.1, 0.15) is 34.6 Å². The molecule has 3 N–H and O–H groups in total. The summed E-state index contributed by atoms with van der Waals surface area (Å²) in [7, 11) is 0. The Kier molecular flexibility index (Phi) is 3.50. The van der Waals surface area contributed by atoms with Crippen molar-refractivity contribution in [3.8, 4) is 5.75 Å². The second-order valence-electron chi connectivity index (χ2n) is 3.55. The minimum Gasteiger partial charge on any atom is -0.490 e. The van der Waals surface area contributed by atoms with Crippen LogP contribution in [0.15, 0.2) is 18.2 Å². The molecule has 1 aromatic carbocycles. The van der Waals surface area contributed by atoms with Gasteiger partial charge < -0.3 is 15.6 Å². The summed E-state index contributed by atoms with van der Waals surface area (Å²) < 4.78 is 5.31. The highest BCUT2D eigenvalue weighted by Crippen LogP contribution is 2.21. The van der Waals surface area contributed by atoms with E-state index in [0.29, 0.717) is 0 Å². The molecule has 0 bridgehead atoms. The van der Waals surface area contributed by atoms with Gasteiger partial charge >= 0.3 is 5.97 Å². The zero-order chi connectivity index (χ0) is 12.3. The summed E-state index contributed by atoms with van der Waals surface area (Å²) in [5, 5.41) is 8.91. The maximum atomic E-state index is 10.9. The number of amides is 1. The standard InChI is InChI=1S/C11H13NO4/c1-6(2)16-9-5-7(10(12)13)3-4-8(9)11(14)15/h3-6H,1-2H3,(H2,12,13)(H,14,15). The number of aromatic carboxylic acids is 1. The Morgan fingerprint density at radius 2 is 2.00 bits per heavy atom. The number of carboxylic acid groups (broad SMARTS) is 1. The molecule has 1 rings (SSSR count). The van der Waals surface area contributed by atoms with Crippen LogP contribution in [0.4, 0.5) is 0 Å². The molecule has 0 aliphatic rings. The van der Waals surface area contributed by atoms with Crippen molar-refractivity contribution in [2.24, 2.45) is 5.73 Å². The van der Waals surface area contributed by atoms with Crippen LogP contribution in [-0.2, 0) is 0 Å². The minimum absolute atomic E-state index is 0.0127. The van der Waals surface area contributed by atoms with Crippen molar-refractivity contribution in [2.75, 3.05) is 0 Å². The van der Waals surface area contributed by atoms with Gasteiger partial charge in [0, 0.05) is 5.56 Å². The van der Waals surface area contributed by atoms with Crippen LogP contribution in [0, 0.1) is 0 Å². The van der Waals surface area contributed by atoms with E-state index < -0.39 is 11.9 Å². The predicted molar refractivity (Wildman–Crippen MR) is 57.7 cm³/mol. The SMILES string of the molecule is CC(C)Oc1cc(C(N)=O)ccc1C(=O)O. The fraction of sp³-hybridized carbons (Fsp3) is 0.273. The Morgan fingerprint density at radius 3 is 2.44 bits per heavy atom. The van der Waals surface area contributed by atoms with E-state index in [1.54, 1.807) is 13.8 Å². The van der Waals surface area contributed by atoms with Crippen LogP contribution < -0.4 is 10.5 Å². The van der Waals surface area contributed by atoms with E-state index >= 15 is 0 Å². The number of carbonyl (C=O) groups excluding carboxylic acids is 1. The van der Waals surface area contributed by atoms with Crippen molar-refractivity contribution in [3.05, 3.63) is 29.3 Å². The van der Waals surface area contributed by atoms with Gasteiger partial charge in [-0.2, -0.15) is 0 Å². The Bertz CT molecular complexity index is 426. The molecule has 1 amide bonds. The van der Waals surface area contributed by atoms with Gasteiger partial charge in [0.1, 0.15) is 11.3 Å². The topological polar surface area (TPSA) is 89.6 Å². The van der Waals surface area contributed by atoms with Gasteiger partial charge in [-0.25, -0.2) is 4.79 Å². The van der Waals surface area contributed by atoms with Gasteiger partial charge in [0.25, 0.3) is 0 Å². The van der Waals surface area contributed by atoms with Crippen LogP contribution in [0.5, 0.6) is 5.75 Å². The molecular formula is C11H13NO4. The summed E-state index contributed by atoms with van der Waals surface area (Å²) in [5.41, 5.74) is 5.33. The van der Waals surface area contributed by atoms with Crippen molar-refractivity contribution in [1.82, 2.24) is 0 Å². The Balaban J connectivity index is 3.21. The van der Waals surface area contributed by atoms with Crippen molar-refractivity contribution in [1.29, 1.82) is 0 Å². The first kappa shape index (κ1) is 12.0. The third kappa shape index (κ3) is 2.73. The number of ether oxygens (including phenoxy) is 1. The lowest BCUT2D eigenvalue weighted by Gasteiger charge is -2.12. The smallest absolute Gasteiger partial charge is 0.339 e. The number of carboxylic acids is 1. The van der Waals surface area contributed by atoms with Crippen molar-refractivity contribution in [2.45, 2.75) is 20.0 Å². The van der Waals surface area contributed by atoms with Gasteiger partial charge in [0.15, 0.2) is 0 Å². The molecule has 0 aliphatic carbocycles. The number of hydrogen-bond donors (Lipinski definition) is 2. The summed E-state index contributed by atoms with van der Waals surface area (Å²) >= 11 is 0. The van der Waals surface area contributed by atoms with Crippen LogP contribution in [0.2, 0.25) is 0 Å². The third-order valence-electron chi connectivity index (χ3n) is 1.86. The van der Waals surface area contributed by atoms with E-state index in [0.717, 1.165) is 0 Å². The molecule has 0 unspecified atom stereocenters. The third-order valence-corrected chi connectivity index (χ3v) is 1.86. The zero-order valence-electron chi connectivity index (χ0n) is 9.06. The Labute approximate surface area is 92.8 Å². The van der Waals surface area contributed by atoms with E-state index in [1.807, 2.05) is 0 Å². The molecule has 16 heavy (non-hydrogen) atoms. The van der Waals surface area contributed by atoms with Gasteiger partial charge in [0.2, 0.25) is 5.91 Å². The lowest BCUT2D eigenvalue weighted by atomic mass is 10.1. The normalized spacial score (nSPS) is 10.2. The molecule has 0 fully saturated rings. The highest BCUT2D eigenvalue weighted by molar-refractivity contribution is 5.96. The molecule has 0 atom stereocenters. The number of primary amides is 1. The van der Waals surface area contributed by atoms with Crippen LogP contribution in [0.3, 0.4) is 0 Å². The van der Waals surface area contributed by atoms with E-state index in [9.17, 15) is 9.59 Å². The quantitative estimate of drug-likeness (QED) is 0.804. The summed E-state index contributed by atoms with van der Waals surface area (Å²) in [5.74, 6) is -1.57. The van der Waals surface area contributed by atoms with Crippen molar-refractivity contribution < 1.29 is 19.4 Å². The van der Waals surface area contributed by atoms with Crippen LogP contribution in [-0.4, -0.2) is 23.1 Å². The molecule has 1 aromatic rings. The first-order valence-electron chi connectivity index (χ1n) is 4.75. The molecule has 0 radical (unpaired) electrons. The van der Waals surface area contributed by atoms with Gasteiger partial charge in [-0.3, -0.25) is 4.79 Å². The summed E-state index contributed by atoms with van der Waals surface area (Å²) in [4.78, 5) is 21.8. The lowest BCUT2D eigenvalue weighted by molar-refractivity contribution is 0.0690. The van der Waals surface area contributed by atoms with E-state index in [2.05, 4.69) is 0 Å². The first-order valence-corrected chi connectivity index (χ1v) is 4.75. The van der Waals surface area contributed by atoms with Crippen molar-refractivity contribution >= 4 is 11.9 Å². The average Bonchev–Trinajstić information content (AvgIpc) is 2.15. The van der Waals surface area contributed by atoms with Gasteiger partial charge in [-0.05, 0) is 32.0 Å². The second kappa shape index (κ2) is 4.65. The second-order valence-corrected chi connectivity index (χ2v) is 3.55. The minimum atomic E-state index is -1.10. The van der Waals surface area contributed by atoms with E-state index in [-0.39, 0.29) is 23.0 Å². The van der Waals surface area contributed by atoms with E-state index in [1.165, 1.54) is 18.2 Å². The fourth-order valence-corrected chi connectivity index (χ4v) is 1.20. The van der Waals surface area contributed by atoms with Crippen molar-refractivity contribution in [3.63, 3.8) is 0 Å². The summed E-state index contributed by atoms with van der Waals surface area (Å²) in [6, 6.07) is 4.00. The highest BCUT2D eigenvalue weighted by atomic mass is 16.5. The van der Waals surface area contributed by atoms with Crippen LogP contribution in [0.25, 0.3) is 0 Å². The molecule has 0 saturated carbocycles. The maximum Gasteiger partial charge on any atom is 0.339 e. The van der Waals surface area contributed by atoms with Gasteiger partial charge in [0.05, 0.1) is 6.10 Å². The molecular weight excluding hydrogens is 210 g/mol. The average molecular weight is 223 g/mol.